The van der Waals surface area contributed by atoms with Crippen molar-refractivity contribution in [3.63, 3.8) is 0 Å². The van der Waals surface area contributed by atoms with Crippen molar-refractivity contribution < 1.29 is 9.18 Å². The Morgan fingerprint density at radius 1 is 1.08 bits per heavy atom. The van der Waals surface area contributed by atoms with Gasteiger partial charge < -0.3 is 5.32 Å². The van der Waals surface area contributed by atoms with Crippen molar-refractivity contribution in [2.24, 2.45) is 5.92 Å². The van der Waals surface area contributed by atoms with Crippen LogP contribution in [0.15, 0.2) is 54.6 Å². The van der Waals surface area contributed by atoms with Gasteiger partial charge in [-0.25, -0.2) is 4.39 Å². The van der Waals surface area contributed by atoms with E-state index in [1.165, 1.54) is 18.1 Å². The summed E-state index contributed by atoms with van der Waals surface area (Å²) in [6.45, 7) is 0.691. The lowest BCUT2D eigenvalue weighted by atomic mass is 9.64. The summed E-state index contributed by atoms with van der Waals surface area (Å²) in [7, 11) is 0. The first-order chi connectivity index (χ1) is 11.7. The molecule has 24 heavy (non-hydrogen) atoms. The third kappa shape index (κ3) is 2.72. The molecule has 0 radical (unpaired) electrons. The van der Waals surface area contributed by atoms with Crippen molar-refractivity contribution in [1.82, 2.24) is 5.32 Å². The fourth-order valence-corrected chi connectivity index (χ4v) is 3.95. The number of hydrogen-bond acceptors (Lipinski definition) is 1. The van der Waals surface area contributed by atoms with Gasteiger partial charge in [0.2, 0.25) is 5.91 Å². The number of carbonyl (C=O) groups is 1. The third-order valence-electron chi connectivity index (χ3n) is 5.73. The first kappa shape index (κ1) is 15.4. The van der Waals surface area contributed by atoms with Crippen molar-refractivity contribution in [3.8, 4) is 0 Å². The van der Waals surface area contributed by atoms with Gasteiger partial charge in [0.25, 0.3) is 0 Å². The standard InChI is InChI=1S/C21H22FNO/c22-19-10-5-4-9-16(19)17-13-18(17)20(24)23-14-21(11-6-12-21)15-7-2-1-3-8-15/h1-5,7-10,17-18H,6,11-14H2,(H,23,24). The molecule has 2 fully saturated rings. The molecule has 2 atom stereocenters. The molecule has 2 aromatic rings. The molecule has 1 N–H and O–H groups in total. The molecule has 124 valence electrons. The van der Waals surface area contributed by atoms with E-state index in [1.807, 2.05) is 12.1 Å². The maximum atomic E-state index is 13.8. The Hall–Kier alpha value is -2.16. The third-order valence-corrected chi connectivity index (χ3v) is 5.73. The highest BCUT2D eigenvalue weighted by atomic mass is 19.1. The van der Waals surface area contributed by atoms with E-state index in [4.69, 9.17) is 0 Å². The van der Waals surface area contributed by atoms with Gasteiger partial charge in [-0.05, 0) is 42.4 Å². The summed E-state index contributed by atoms with van der Waals surface area (Å²) in [5.41, 5.74) is 2.09. The van der Waals surface area contributed by atoms with Gasteiger partial charge >= 0.3 is 0 Å². The molecule has 3 heteroatoms. The smallest absolute Gasteiger partial charge is 0.223 e. The van der Waals surface area contributed by atoms with E-state index in [-0.39, 0.29) is 29.0 Å². The zero-order valence-corrected chi connectivity index (χ0v) is 13.7. The van der Waals surface area contributed by atoms with Crippen LogP contribution in [0.4, 0.5) is 4.39 Å². The number of amides is 1. The molecule has 2 aromatic carbocycles. The van der Waals surface area contributed by atoms with Gasteiger partial charge in [0.15, 0.2) is 0 Å². The summed E-state index contributed by atoms with van der Waals surface area (Å²) >= 11 is 0. The second kappa shape index (κ2) is 6.04. The molecule has 2 aliphatic rings. The normalized spacial score (nSPS) is 24.0. The number of rotatable bonds is 5. The Balaban J connectivity index is 1.39. The average Bonchev–Trinajstić information content (AvgIpc) is 3.36. The van der Waals surface area contributed by atoms with Gasteiger partial charge in [-0.1, -0.05) is 55.0 Å². The quantitative estimate of drug-likeness (QED) is 0.879. The molecule has 0 aromatic heterocycles. The highest BCUT2D eigenvalue weighted by molar-refractivity contribution is 5.83. The fraction of sp³-hybridized carbons (Fsp3) is 0.381. The van der Waals surface area contributed by atoms with Gasteiger partial charge in [-0.2, -0.15) is 0 Å². The Labute approximate surface area is 142 Å². The SMILES string of the molecule is O=C(NCC1(c2ccccc2)CCC1)C1CC1c1ccccc1F. The second-order valence-corrected chi connectivity index (χ2v) is 7.19. The van der Waals surface area contributed by atoms with Crippen LogP contribution in [0.3, 0.4) is 0 Å². The number of benzene rings is 2. The number of carbonyl (C=O) groups excluding carboxylic acids is 1. The van der Waals surface area contributed by atoms with E-state index in [9.17, 15) is 9.18 Å². The van der Waals surface area contributed by atoms with Crippen LogP contribution in [-0.4, -0.2) is 12.5 Å². The van der Waals surface area contributed by atoms with Crippen LogP contribution < -0.4 is 5.32 Å². The fourth-order valence-electron chi connectivity index (χ4n) is 3.95. The molecule has 4 rings (SSSR count). The molecular weight excluding hydrogens is 301 g/mol. The molecule has 2 aliphatic carbocycles. The topological polar surface area (TPSA) is 29.1 Å². The van der Waals surface area contributed by atoms with Crippen LogP contribution in [-0.2, 0) is 10.2 Å². The maximum absolute atomic E-state index is 13.8. The summed E-state index contributed by atoms with van der Waals surface area (Å²) in [5, 5.41) is 3.14. The van der Waals surface area contributed by atoms with E-state index < -0.39 is 0 Å². The molecule has 0 saturated heterocycles. The van der Waals surface area contributed by atoms with E-state index in [2.05, 4.69) is 29.6 Å². The molecule has 0 bridgehead atoms. The van der Waals surface area contributed by atoms with Gasteiger partial charge in [0, 0.05) is 17.9 Å². The zero-order chi connectivity index (χ0) is 16.6. The molecule has 2 saturated carbocycles. The van der Waals surface area contributed by atoms with Crippen molar-refractivity contribution in [3.05, 3.63) is 71.5 Å². The van der Waals surface area contributed by atoms with Crippen molar-refractivity contribution in [2.45, 2.75) is 37.0 Å². The Morgan fingerprint density at radius 3 is 2.46 bits per heavy atom. The van der Waals surface area contributed by atoms with Gasteiger partial charge in [0.1, 0.15) is 5.82 Å². The first-order valence-electron chi connectivity index (χ1n) is 8.77. The molecule has 1 amide bonds. The Kier molecular flexibility index (Phi) is 3.87. The predicted octanol–water partition coefficient (Wildman–Crippen LogP) is 4.17. The Morgan fingerprint density at radius 2 is 1.79 bits per heavy atom. The minimum absolute atomic E-state index is 0.0419. The largest absolute Gasteiger partial charge is 0.355 e. The molecule has 2 unspecified atom stereocenters. The lowest BCUT2D eigenvalue weighted by molar-refractivity contribution is -0.122. The predicted molar refractivity (Wildman–Crippen MR) is 92.2 cm³/mol. The summed E-state index contributed by atoms with van der Waals surface area (Å²) in [5.74, 6) is -0.155. The zero-order valence-electron chi connectivity index (χ0n) is 13.7. The molecule has 2 nitrogen and oxygen atoms in total. The second-order valence-electron chi connectivity index (χ2n) is 7.19. The van der Waals surface area contributed by atoms with Crippen LogP contribution in [0.5, 0.6) is 0 Å². The van der Waals surface area contributed by atoms with Crippen LogP contribution in [0.2, 0.25) is 0 Å². The van der Waals surface area contributed by atoms with E-state index in [0.29, 0.717) is 12.1 Å². The van der Waals surface area contributed by atoms with Crippen molar-refractivity contribution >= 4 is 5.91 Å². The lowest BCUT2D eigenvalue weighted by Crippen LogP contribution is -2.46. The van der Waals surface area contributed by atoms with E-state index in [0.717, 1.165) is 19.3 Å². The average molecular weight is 323 g/mol. The van der Waals surface area contributed by atoms with Crippen LogP contribution in [0.25, 0.3) is 0 Å². The van der Waals surface area contributed by atoms with E-state index >= 15 is 0 Å². The summed E-state index contributed by atoms with van der Waals surface area (Å²) in [6.07, 6.45) is 4.22. The summed E-state index contributed by atoms with van der Waals surface area (Å²) in [4.78, 5) is 12.5. The van der Waals surface area contributed by atoms with Crippen LogP contribution >= 0.6 is 0 Å². The van der Waals surface area contributed by atoms with Crippen LogP contribution in [0, 0.1) is 11.7 Å². The number of halogens is 1. The first-order valence-corrected chi connectivity index (χ1v) is 8.77. The van der Waals surface area contributed by atoms with Crippen LogP contribution in [0.1, 0.15) is 42.7 Å². The van der Waals surface area contributed by atoms with Crippen molar-refractivity contribution in [1.29, 1.82) is 0 Å². The van der Waals surface area contributed by atoms with Gasteiger partial charge in [-0.3, -0.25) is 4.79 Å². The Bertz CT molecular complexity index is 739. The minimum Gasteiger partial charge on any atom is -0.355 e. The molecule has 0 spiro atoms. The highest BCUT2D eigenvalue weighted by Crippen LogP contribution is 2.49. The molecular formula is C21H22FNO. The van der Waals surface area contributed by atoms with Crippen molar-refractivity contribution in [2.75, 3.05) is 6.54 Å². The van der Waals surface area contributed by atoms with Gasteiger partial charge in [0.05, 0.1) is 0 Å². The summed E-state index contributed by atoms with van der Waals surface area (Å²) in [6, 6.07) is 17.3. The number of hydrogen-bond donors (Lipinski definition) is 1. The van der Waals surface area contributed by atoms with Gasteiger partial charge in [-0.15, -0.1) is 0 Å². The summed E-state index contributed by atoms with van der Waals surface area (Å²) < 4.78 is 13.8. The molecule has 0 aliphatic heterocycles. The highest BCUT2D eigenvalue weighted by Gasteiger charge is 2.46. The van der Waals surface area contributed by atoms with E-state index in [1.54, 1.807) is 12.1 Å². The maximum Gasteiger partial charge on any atom is 0.223 e. The minimum atomic E-state index is -0.197. The lowest BCUT2D eigenvalue weighted by Gasteiger charge is -2.42. The monoisotopic (exact) mass is 323 g/mol. The number of nitrogens with one attached hydrogen (secondary N) is 1. The molecule has 0 heterocycles.